The molecule has 194 valence electrons. The van der Waals surface area contributed by atoms with E-state index in [1.54, 1.807) is 20.1 Å². The Morgan fingerprint density at radius 3 is 2.78 bits per heavy atom. The summed E-state index contributed by atoms with van der Waals surface area (Å²) >= 11 is 0. The highest BCUT2D eigenvalue weighted by molar-refractivity contribution is 5.87. The van der Waals surface area contributed by atoms with Gasteiger partial charge in [0.05, 0.1) is 26.4 Å². The van der Waals surface area contributed by atoms with Crippen LogP contribution in [-0.4, -0.2) is 69.2 Å². The van der Waals surface area contributed by atoms with E-state index in [1.807, 2.05) is 54.7 Å². The molecule has 1 aromatic heterocycles. The van der Waals surface area contributed by atoms with Gasteiger partial charge in [0.1, 0.15) is 18.2 Å². The van der Waals surface area contributed by atoms with Crippen molar-refractivity contribution in [1.29, 1.82) is 0 Å². The molecule has 0 atom stereocenters. The Hall–Kier alpha value is -3.95. The lowest BCUT2D eigenvalue weighted by Gasteiger charge is -2.29. The average molecular weight is 505 g/mol. The maximum Gasteiger partial charge on any atom is 0.330 e. The van der Waals surface area contributed by atoms with E-state index in [9.17, 15) is 4.79 Å². The normalized spacial score (nSPS) is 13.5. The largest absolute Gasteiger partial charge is 0.491 e. The van der Waals surface area contributed by atoms with Crippen LogP contribution in [0, 0.1) is 0 Å². The molecule has 0 bridgehead atoms. The Labute approximate surface area is 217 Å². The molecule has 0 amide bonds. The fourth-order valence-corrected chi connectivity index (χ4v) is 3.85. The van der Waals surface area contributed by atoms with Gasteiger partial charge in [-0.25, -0.2) is 9.78 Å². The summed E-state index contributed by atoms with van der Waals surface area (Å²) in [5, 5.41) is 3.30. The van der Waals surface area contributed by atoms with Crippen LogP contribution in [0.5, 0.6) is 5.75 Å². The molecule has 1 N–H and O–H groups in total. The standard InChI is InChI=1S/C28H32N4O5/c1-3-36-26(33)11-10-21-6-4-7-22(18-21)25-20-29-28(31-27(25)32-12-14-35-15-13-32)30-23-8-5-9-24(19-23)37-17-16-34-2/h4-11,18-20H,3,12-17H2,1-2H3,(H,29,30,31). The first-order valence-electron chi connectivity index (χ1n) is 12.3. The number of carbonyl (C=O) groups excluding carboxylic acids is 1. The Morgan fingerprint density at radius 1 is 1.14 bits per heavy atom. The molecule has 1 fully saturated rings. The Bertz CT molecular complexity index is 1210. The number of nitrogens with zero attached hydrogens (tertiary/aromatic N) is 3. The molecule has 0 saturated carbocycles. The van der Waals surface area contributed by atoms with Crippen LogP contribution in [0.2, 0.25) is 0 Å². The second kappa shape index (κ2) is 13.4. The van der Waals surface area contributed by atoms with E-state index in [0.717, 1.165) is 47.0 Å². The van der Waals surface area contributed by atoms with E-state index in [1.165, 1.54) is 6.08 Å². The highest BCUT2D eigenvalue weighted by Crippen LogP contribution is 2.32. The van der Waals surface area contributed by atoms with Crippen molar-refractivity contribution in [1.82, 2.24) is 9.97 Å². The number of hydrogen-bond donors (Lipinski definition) is 1. The first kappa shape index (κ1) is 26.1. The summed E-state index contributed by atoms with van der Waals surface area (Å²) in [6.07, 6.45) is 5.00. The number of anilines is 3. The van der Waals surface area contributed by atoms with Gasteiger partial charge in [0.15, 0.2) is 0 Å². The van der Waals surface area contributed by atoms with Crippen LogP contribution < -0.4 is 15.0 Å². The van der Waals surface area contributed by atoms with E-state index < -0.39 is 0 Å². The minimum absolute atomic E-state index is 0.342. The third-order valence-electron chi connectivity index (χ3n) is 5.62. The van der Waals surface area contributed by atoms with Crippen molar-refractivity contribution in [2.24, 2.45) is 0 Å². The Morgan fingerprint density at radius 2 is 1.97 bits per heavy atom. The second-order valence-electron chi connectivity index (χ2n) is 8.24. The van der Waals surface area contributed by atoms with Crippen molar-refractivity contribution in [2.45, 2.75) is 6.92 Å². The lowest BCUT2D eigenvalue weighted by molar-refractivity contribution is -0.137. The van der Waals surface area contributed by atoms with Crippen molar-refractivity contribution in [3.05, 3.63) is 66.4 Å². The third kappa shape index (κ3) is 7.52. The topological polar surface area (TPSA) is 95.0 Å². The Balaban J connectivity index is 1.60. The third-order valence-corrected chi connectivity index (χ3v) is 5.62. The summed E-state index contributed by atoms with van der Waals surface area (Å²) < 4.78 is 21.3. The maximum atomic E-state index is 11.7. The number of morpholine rings is 1. The molecule has 37 heavy (non-hydrogen) atoms. The minimum atomic E-state index is -0.367. The van der Waals surface area contributed by atoms with Gasteiger partial charge in [-0.2, -0.15) is 4.98 Å². The molecule has 1 aliphatic heterocycles. The fraction of sp³-hybridized carbons (Fsp3) is 0.321. The van der Waals surface area contributed by atoms with Gasteiger partial charge in [-0.3, -0.25) is 0 Å². The first-order chi connectivity index (χ1) is 18.2. The molecule has 0 unspecified atom stereocenters. The molecule has 9 heteroatoms. The van der Waals surface area contributed by atoms with Crippen LogP contribution >= 0.6 is 0 Å². The second-order valence-corrected chi connectivity index (χ2v) is 8.24. The van der Waals surface area contributed by atoms with Crippen LogP contribution in [0.15, 0.2) is 60.8 Å². The van der Waals surface area contributed by atoms with Gasteiger partial charge >= 0.3 is 5.97 Å². The molecule has 2 heterocycles. The van der Waals surface area contributed by atoms with Crippen molar-refractivity contribution in [3.63, 3.8) is 0 Å². The van der Waals surface area contributed by atoms with Crippen molar-refractivity contribution in [2.75, 3.05) is 63.5 Å². The molecule has 1 aliphatic rings. The number of hydrogen-bond acceptors (Lipinski definition) is 9. The van der Waals surface area contributed by atoms with Gasteiger partial charge < -0.3 is 29.2 Å². The zero-order valence-electron chi connectivity index (χ0n) is 21.2. The highest BCUT2D eigenvalue weighted by Gasteiger charge is 2.19. The molecule has 3 aromatic rings. The molecular formula is C28H32N4O5. The monoisotopic (exact) mass is 504 g/mol. The minimum Gasteiger partial charge on any atom is -0.491 e. The molecular weight excluding hydrogens is 472 g/mol. The van der Waals surface area contributed by atoms with E-state index in [0.29, 0.717) is 39.0 Å². The molecule has 4 rings (SSSR count). The van der Waals surface area contributed by atoms with Crippen molar-refractivity contribution in [3.8, 4) is 16.9 Å². The number of rotatable bonds is 11. The number of ether oxygens (including phenoxy) is 4. The summed E-state index contributed by atoms with van der Waals surface area (Å²) in [7, 11) is 1.64. The van der Waals surface area contributed by atoms with Crippen LogP contribution in [-0.2, 0) is 19.0 Å². The summed E-state index contributed by atoms with van der Waals surface area (Å²) in [6, 6.07) is 15.6. The van der Waals surface area contributed by atoms with Crippen LogP contribution in [0.1, 0.15) is 12.5 Å². The van der Waals surface area contributed by atoms with Crippen LogP contribution in [0.3, 0.4) is 0 Å². The first-order valence-corrected chi connectivity index (χ1v) is 12.3. The van der Waals surface area contributed by atoms with Gasteiger partial charge in [-0.1, -0.05) is 24.3 Å². The van der Waals surface area contributed by atoms with E-state index in [4.69, 9.17) is 23.9 Å². The van der Waals surface area contributed by atoms with E-state index in [2.05, 4.69) is 15.2 Å². The molecule has 1 saturated heterocycles. The summed E-state index contributed by atoms with van der Waals surface area (Å²) in [6.45, 7) is 5.85. The lowest BCUT2D eigenvalue weighted by atomic mass is 10.0. The predicted octanol–water partition coefficient (Wildman–Crippen LogP) is 4.33. The number of benzene rings is 2. The summed E-state index contributed by atoms with van der Waals surface area (Å²) in [4.78, 5) is 23.4. The number of carbonyl (C=O) groups is 1. The fourth-order valence-electron chi connectivity index (χ4n) is 3.85. The van der Waals surface area contributed by atoms with Crippen molar-refractivity contribution >= 4 is 29.5 Å². The number of aromatic nitrogens is 2. The van der Waals surface area contributed by atoms with Gasteiger partial charge in [-0.15, -0.1) is 0 Å². The zero-order chi connectivity index (χ0) is 25.9. The Kier molecular flexibility index (Phi) is 9.45. The van der Waals surface area contributed by atoms with Gasteiger partial charge in [0.2, 0.25) is 5.95 Å². The summed E-state index contributed by atoms with van der Waals surface area (Å²) in [5.41, 5.74) is 3.55. The highest BCUT2D eigenvalue weighted by atomic mass is 16.5. The quantitative estimate of drug-likeness (QED) is 0.233. The maximum absolute atomic E-state index is 11.7. The summed E-state index contributed by atoms with van der Waals surface area (Å²) in [5.74, 6) is 1.67. The lowest BCUT2D eigenvalue weighted by Crippen LogP contribution is -2.37. The van der Waals surface area contributed by atoms with Crippen LogP contribution in [0.4, 0.5) is 17.5 Å². The van der Waals surface area contributed by atoms with Gasteiger partial charge in [-0.05, 0) is 42.3 Å². The molecule has 0 spiro atoms. The molecule has 0 aliphatic carbocycles. The van der Waals surface area contributed by atoms with Gasteiger partial charge in [0.25, 0.3) is 0 Å². The number of esters is 1. The van der Waals surface area contributed by atoms with Crippen LogP contribution in [0.25, 0.3) is 17.2 Å². The molecule has 2 aromatic carbocycles. The molecule has 9 nitrogen and oxygen atoms in total. The smallest absolute Gasteiger partial charge is 0.330 e. The van der Waals surface area contributed by atoms with Crippen molar-refractivity contribution < 1.29 is 23.7 Å². The molecule has 0 radical (unpaired) electrons. The zero-order valence-corrected chi connectivity index (χ0v) is 21.2. The average Bonchev–Trinajstić information content (AvgIpc) is 2.93. The number of methoxy groups -OCH3 is 1. The SMILES string of the molecule is CCOC(=O)C=Cc1cccc(-c2cnc(Nc3cccc(OCCOC)c3)nc2N2CCOCC2)c1. The number of nitrogens with one attached hydrogen (secondary N) is 1. The van der Waals surface area contributed by atoms with Gasteiger partial charge in [0, 0.05) is 49.8 Å². The van der Waals surface area contributed by atoms with E-state index >= 15 is 0 Å². The van der Waals surface area contributed by atoms with E-state index in [-0.39, 0.29) is 5.97 Å². The predicted molar refractivity (Wildman–Crippen MR) is 143 cm³/mol.